The highest BCUT2D eigenvalue weighted by atomic mass is 127. The first-order chi connectivity index (χ1) is 39.6. The van der Waals surface area contributed by atoms with Gasteiger partial charge in [-0.1, -0.05) is 98.4 Å². The Bertz CT molecular complexity index is 4010. The number of carboxylic acids is 1. The fourth-order valence-electron chi connectivity index (χ4n) is 11.5. The fraction of sp³-hybridized carbons (Fsp3) is 0.464. The van der Waals surface area contributed by atoms with Gasteiger partial charge in [0.2, 0.25) is 11.8 Å². The van der Waals surface area contributed by atoms with Crippen molar-refractivity contribution in [2.75, 3.05) is 39.9 Å². The van der Waals surface area contributed by atoms with Gasteiger partial charge in [0.05, 0.1) is 16.3 Å². The number of carboxylic acid groups (broad SMARTS) is 1. The van der Waals surface area contributed by atoms with Crippen LogP contribution in [0.3, 0.4) is 0 Å². The molecule has 0 aliphatic carbocycles. The van der Waals surface area contributed by atoms with Crippen LogP contribution in [0.4, 0.5) is 11.4 Å². The zero-order valence-corrected chi connectivity index (χ0v) is 55.5. The first kappa shape index (κ1) is 68.3. The van der Waals surface area contributed by atoms with Crippen LogP contribution >= 0.6 is 37.0 Å². The third-order valence-corrected chi connectivity index (χ3v) is 25.3. The van der Waals surface area contributed by atoms with Gasteiger partial charge in [-0.15, -0.1) is 0 Å². The van der Waals surface area contributed by atoms with E-state index in [0.29, 0.717) is 99.2 Å². The lowest BCUT2D eigenvalue weighted by Gasteiger charge is -2.39. The smallest absolute Gasteiger partial charge is 0.303 e. The van der Waals surface area contributed by atoms with Gasteiger partial charge in [0.25, 0.3) is 40.5 Å². The van der Waals surface area contributed by atoms with Crippen molar-refractivity contribution in [2.24, 2.45) is 5.92 Å². The Morgan fingerprint density at radius 3 is 1.81 bits per heavy atom. The third-order valence-electron chi connectivity index (χ3n) is 15.7. The minimum absolute atomic E-state index is 0.0106. The van der Waals surface area contributed by atoms with Gasteiger partial charge in [-0.05, 0) is 131 Å². The Kier molecular flexibility index (Phi) is 22.2. The molecule has 4 aromatic rings. The summed E-state index contributed by atoms with van der Waals surface area (Å²) < 4.78 is 158. The molecule has 2 unspecified atom stereocenters. The van der Waals surface area contributed by atoms with E-state index in [1.165, 1.54) is 12.1 Å². The Morgan fingerprint density at radius 2 is 1.24 bits per heavy atom. The number of rotatable bonds is 14. The summed E-state index contributed by atoms with van der Waals surface area (Å²) in [4.78, 5) is 37.9. The summed E-state index contributed by atoms with van der Waals surface area (Å²) in [5, 5.41) is 15.9. The van der Waals surface area contributed by atoms with Crippen molar-refractivity contribution in [3.05, 3.63) is 95.7 Å². The molecule has 0 saturated heterocycles. The van der Waals surface area contributed by atoms with Gasteiger partial charge in [0.15, 0.2) is 0 Å². The number of benzene rings is 4. The van der Waals surface area contributed by atoms with Crippen molar-refractivity contribution in [2.45, 2.75) is 147 Å². The molecule has 2 amide bonds. The second-order valence-corrected chi connectivity index (χ2v) is 37.3. The van der Waals surface area contributed by atoms with Crippen molar-refractivity contribution in [3.8, 4) is 0 Å². The van der Waals surface area contributed by atoms with Crippen LogP contribution in [0.25, 0.3) is 21.5 Å². The molecule has 466 valence electrons. The number of hydrogen-bond acceptors (Lipinski definition) is 13. The van der Waals surface area contributed by atoms with Crippen LogP contribution in [-0.4, -0.2) is 115 Å². The van der Waals surface area contributed by atoms with E-state index < -0.39 is 107 Å². The van der Waals surface area contributed by atoms with Crippen LogP contribution in [0.15, 0.2) is 104 Å². The largest absolute Gasteiger partial charge is 0.481 e. The van der Waals surface area contributed by atoms with Gasteiger partial charge in [0.1, 0.15) is 9.79 Å². The summed E-state index contributed by atoms with van der Waals surface area (Å²) in [6, 6.07) is 11.2. The van der Waals surface area contributed by atoms with Gasteiger partial charge in [-0.3, -0.25) is 32.6 Å². The average Bonchev–Trinajstić information content (AvgIpc) is 1.74. The Balaban J connectivity index is 1.36. The molecule has 8 N–H and O–H groups in total. The van der Waals surface area contributed by atoms with E-state index in [9.17, 15) is 70.8 Å². The van der Waals surface area contributed by atoms with Gasteiger partial charge in [0, 0.05) is 108 Å². The second-order valence-electron chi connectivity index (χ2n) is 22.4. The predicted octanol–water partition coefficient (Wildman–Crippen LogP) is 10.5. The lowest BCUT2D eigenvalue weighted by atomic mass is 9.75. The number of amides is 2. The standard InChI is InChI=1S/C56H73IN4O17P2S5/c1-55(2)48-18-9-5-10-19-49-56(3,54-43-31-38(82(69,70)71)33-46(83(72,73)74)41(43)23-25-44(54)60(49)28-16-30-81(66,67)68)27-14-6-11-20-50(62)58-35-37(17-8-4-13-22-52(64)65)36-59-51(63)21-12-7-15-29-61(57-48)45-26-24-40-42(53(45)55)32-39(85(78,79)80)34-47(40)84(75,76)77/h5,9-10,18-19,23-26,31-34,37,78-80H,4,6-8,11-17,20-22,27-30,35-36H2,1-3H3,(H,58,62)(H,59,63)(H,64,65)(H,66,67,68)(H,69,70,71)(H,72,73,74)(H,75,76,77)/b10-5+,18-9+,49-19-. The molecule has 3 aliphatic heterocycles. The van der Waals surface area contributed by atoms with Crippen molar-refractivity contribution >= 4 is 140 Å². The number of nitrogens with one attached hydrogen (secondary N) is 2. The van der Waals surface area contributed by atoms with Gasteiger partial charge in [-0.2, -0.15) is 33.7 Å². The zero-order valence-electron chi connectivity index (χ0n) is 47.2. The zero-order chi connectivity index (χ0) is 62.5. The molecule has 0 spiro atoms. The summed E-state index contributed by atoms with van der Waals surface area (Å²) >= 11 is -0.984. The van der Waals surface area contributed by atoms with Crippen molar-refractivity contribution in [1.29, 1.82) is 0 Å². The van der Waals surface area contributed by atoms with Crippen LogP contribution < -0.4 is 18.6 Å². The predicted molar refractivity (Wildman–Crippen MR) is 346 cm³/mol. The van der Waals surface area contributed by atoms with E-state index in [2.05, 4.69) is 29.8 Å². The Hall–Kier alpha value is -4.22. The maximum atomic E-state index is 13.4. The average molecular weight is 1420 g/mol. The maximum Gasteiger partial charge on any atom is 0.303 e. The van der Waals surface area contributed by atoms with E-state index in [-0.39, 0.29) is 90.5 Å². The van der Waals surface area contributed by atoms with Crippen LogP contribution in [0.2, 0.25) is 0 Å². The fourth-order valence-corrected chi connectivity index (χ4v) is 18.5. The monoisotopic (exact) mass is 1420 g/mol. The van der Waals surface area contributed by atoms with E-state index >= 15 is 0 Å². The number of fused-ring (bicyclic) bond motifs is 10. The van der Waals surface area contributed by atoms with Gasteiger partial charge in [-0.25, -0.2) is 0 Å². The molecule has 29 heteroatoms. The lowest BCUT2D eigenvalue weighted by molar-refractivity contribution is -0.137. The van der Waals surface area contributed by atoms with E-state index in [1.54, 1.807) is 41.3 Å². The Morgan fingerprint density at radius 1 is 0.659 bits per heavy atom. The van der Waals surface area contributed by atoms with Crippen LogP contribution in [0, 0.1) is 5.92 Å². The highest BCUT2D eigenvalue weighted by Gasteiger charge is 2.45. The molecule has 0 saturated carbocycles. The normalized spacial score (nSPS) is 21.6. The second kappa shape index (κ2) is 27.7. The minimum Gasteiger partial charge on any atom is -0.481 e. The summed E-state index contributed by atoms with van der Waals surface area (Å²) in [5.74, 6) is -2.03. The molecule has 4 aromatic carbocycles. The topological polar surface area (TPSA) is 340 Å². The van der Waals surface area contributed by atoms with Gasteiger partial charge >= 0.3 is 5.97 Å². The molecule has 21 nitrogen and oxygen atoms in total. The number of aliphatic carboxylic acids is 1. The van der Waals surface area contributed by atoms with Crippen molar-refractivity contribution in [3.63, 3.8) is 0 Å². The maximum absolute atomic E-state index is 13.4. The van der Waals surface area contributed by atoms with E-state index in [1.807, 2.05) is 39.0 Å². The van der Waals surface area contributed by atoms with Crippen LogP contribution in [-0.2, 0) is 74.4 Å². The third kappa shape index (κ3) is 17.1. The minimum atomic E-state index is -5.11. The molecule has 3 heterocycles. The summed E-state index contributed by atoms with van der Waals surface area (Å²) in [7, 11) is -15.7. The number of halogens is 1. The Labute approximate surface area is 512 Å². The SMILES string of the molecule is CC1(C)C2=IN(CCCCCC(=O)NCC(CCCCCC(=O)O)CNC(=O)CCCCCC3(C)/C(=C/C=C/C=C/2)N(CCCS(=O)(=O)O)c2ccc4c(S(=O)(=O)O)cc(S(=O)(=O)O)cc4c23)c2ccc3c(S(=O)(=O)O)cc(S(O)(=P)=P)cc3c21. The summed E-state index contributed by atoms with van der Waals surface area (Å²) in [6.07, 6.45) is 15.5. The lowest BCUT2D eigenvalue weighted by Crippen LogP contribution is -2.36. The number of anilines is 2. The number of nitrogens with zero attached hydrogens (tertiary/aromatic N) is 2. The van der Waals surface area contributed by atoms with Gasteiger partial charge < -0.3 is 28.3 Å². The molecule has 0 fully saturated rings. The summed E-state index contributed by atoms with van der Waals surface area (Å²) in [6.45, 7) is 6.98. The quantitative estimate of drug-likeness (QED) is 0.0191. The van der Waals surface area contributed by atoms with E-state index in [0.717, 1.165) is 20.8 Å². The van der Waals surface area contributed by atoms with Crippen LogP contribution in [0.1, 0.15) is 128 Å². The highest BCUT2D eigenvalue weighted by Crippen LogP contribution is 2.55. The number of carbonyl (C=O) groups excluding carboxylic acids is 2. The molecule has 2 atom stereocenters. The molecule has 0 radical (unpaired) electrons. The number of hydrogen-bond donors (Lipinski definition) is 8. The summed E-state index contributed by atoms with van der Waals surface area (Å²) in [5.41, 5.74) is 1.03. The molecule has 2 bridgehead atoms. The molecule has 7 rings (SSSR count). The van der Waals surface area contributed by atoms with Crippen molar-refractivity contribution in [1.82, 2.24) is 10.6 Å². The molecule has 85 heavy (non-hydrogen) atoms. The van der Waals surface area contributed by atoms with Crippen molar-refractivity contribution < 1.29 is 75.9 Å². The first-order valence-electron chi connectivity index (χ1n) is 27.6. The number of allylic oxidation sites excluding steroid dienone is 6. The van der Waals surface area contributed by atoms with E-state index in [4.69, 9.17) is 5.11 Å². The molecular weight excluding hydrogens is 1350 g/mol. The first-order valence-corrected chi connectivity index (χ1v) is 39.7. The molecule has 0 aromatic heterocycles. The highest BCUT2D eigenvalue weighted by molar-refractivity contribution is 14.2. The number of carbonyl (C=O) groups is 3. The number of unbranched alkanes of at least 4 members (excludes halogenated alkanes) is 2. The molecular formula is C56H73IN4O17P2S5. The van der Waals surface area contributed by atoms with Crippen LogP contribution in [0.5, 0.6) is 0 Å². The molecule has 3 aliphatic rings.